The lowest BCUT2D eigenvalue weighted by atomic mass is 10.2. The maximum absolute atomic E-state index is 13.3. The molecule has 8 nitrogen and oxygen atoms in total. The normalized spacial score (nSPS) is 17.9. The highest BCUT2D eigenvalue weighted by molar-refractivity contribution is 7.92. The van der Waals surface area contributed by atoms with Gasteiger partial charge in [-0.3, -0.25) is 4.98 Å². The predicted molar refractivity (Wildman–Crippen MR) is 117 cm³/mol. The first-order valence-corrected chi connectivity index (χ1v) is 11.7. The molecule has 1 N–H and O–H groups in total. The largest absolute Gasteiger partial charge is 0.378 e. The molecule has 9 heteroatoms. The molecule has 3 aromatic rings. The van der Waals surface area contributed by atoms with Crippen molar-refractivity contribution in [3.8, 4) is 0 Å². The first kappa shape index (κ1) is 19.9. The molecule has 31 heavy (non-hydrogen) atoms. The summed E-state index contributed by atoms with van der Waals surface area (Å²) < 4.78 is 30.9. The number of benzene rings is 1. The second kappa shape index (κ2) is 7.90. The van der Waals surface area contributed by atoms with Crippen LogP contribution in [0.5, 0.6) is 0 Å². The Hall–Kier alpha value is -3.04. The third-order valence-corrected chi connectivity index (χ3v) is 8.34. The second-order valence-corrected chi connectivity index (χ2v) is 9.98. The highest BCUT2D eigenvalue weighted by Crippen LogP contribution is 2.54. The number of nitrogens with one attached hydrogen (secondary N) is 1. The lowest BCUT2D eigenvalue weighted by molar-refractivity contribution is 0.122. The summed E-state index contributed by atoms with van der Waals surface area (Å²) in [6.45, 7) is 3.24. The van der Waals surface area contributed by atoms with Crippen LogP contribution in [0.25, 0.3) is 0 Å². The SMILES string of the molecule is O=S(=O)(c1ccncc1)C1(c2ccnc(Nc3ccc(N4CCOCC4)cc3)n2)CC1. The van der Waals surface area contributed by atoms with E-state index in [4.69, 9.17) is 4.74 Å². The molecular weight excluding hydrogens is 414 g/mol. The molecule has 2 aromatic heterocycles. The number of anilines is 3. The first-order chi connectivity index (χ1) is 15.1. The number of ether oxygens (including phenoxy) is 1. The Kier molecular flexibility index (Phi) is 5.07. The van der Waals surface area contributed by atoms with Crippen molar-refractivity contribution in [1.82, 2.24) is 15.0 Å². The number of morpholine rings is 1. The van der Waals surface area contributed by atoms with Crippen LogP contribution in [0.15, 0.2) is 66.0 Å². The quantitative estimate of drug-likeness (QED) is 0.629. The maximum Gasteiger partial charge on any atom is 0.227 e. The van der Waals surface area contributed by atoms with Crippen molar-refractivity contribution < 1.29 is 13.2 Å². The topological polar surface area (TPSA) is 97.3 Å². The average Bonchev–Trinajstić information content (AvgIpc) is 3.64. The number of sulfone groups is 1. The number of hydrogen-bond acceptors (Lipinski definition) is 8. The molecule has 1 aromatic carbocycles. The van der Waals surface area contributed by atoms with Gasteiger partial charge in [0.25, 0.3) is 0 Å². The lowest BCUT2D eigenvalue weighted by Crippen LogP contribution is -2.36. The van der Waals surface area contributed by atoms with E-state index >= 15 is 0 Å². The van der Waals surface area contributed by atoms with Crippen LogP contribution in [0, 0.1) is 0 Å². The van der Waals surface area contributed by atoms with Crippen LogP contribution in [0.1, 0.15) is 18.5 Å². The van der Waals surface area contributed by atoms with Crippen molar-refractivity contribution in [3.63, 3.8) is 0 Å². The zero-order valence-electron chi connectivity index (χ0n) is 16.9. The Balaban J connectivity index is 1.36. The molecule has 0 spiro atoms. The molecule has 2 fully saturated rings. The average molecular weight is 438 g/mol. The minimum absolute atomic E-state index is 0.270. The lowest BCUT2D eigenvalue weighted by Gasteiger charge is -2.28. The van der Waals surface area contributed by atoms with Crippen molar-refractivity contribution in [2.24, 2.45) is 0 Å². The Morgan fingerprint density at radius 2 is 1.65 bits per heavy atom. The zero-order chi connectivity index (χ0) is 21.3. The molecule has 0 radical (unpaired) electrons. The zero-order valence-corrected chi connectivity index (χ0v) is 17.8. The van der Waals surface area contributed by atoms with E-state index < -0.39 is 14.6 Å². The molecule has 1 aliphatic carbocycles. The highest BCUT2D eigenvalue weighted by Gasteiger charge is 2.57. The number of pyridine rings is 1. The van der Waals surface area contributed by atoms with E-state index in [-0.39, 0.29) is 4.90 Å². The van der Waals surface area contributed by atoms with Gasteiger partial charge in [0.2, 0.25) is 5.95 Å². The molecular formula is C22H23N5O3S. The van der Waals surface area contributed by atoms with Gasteiger partial charge in [-0.15, -0.1) is 0 Å². The molecule has 5 rings (SSSR count). The fourth-order valence-corrected chi connectivity index (χ4v) is 5.86. The molecule has 3 heterocycles. The van der Waals surface area contributed by atoms with Crippen LogP contribution in [-0.2, 0) is 19.3 Å². The smallest absolute Gasteiger partial charge is 0.227 e. The third kappa shape index (κ3) is 3.75. The van der Waals surface area contributed by atoms with Gasteiger partial charge in [-0.2, -0.15) is 0 Å². The van der Waals surface area contributed by atoms with Gasteiger partial charge in [0.05, 0.1) is 23.8 Å². The van der Waals surface area contributed by atoms with Crippen LogP contribution in [0.4, 0.5) is 17.3 Å². The predicted octanol–water partition coefficient (Wildman–Crippen LogP) is 2.91. The minimum Gasteiger partial charge on any atom is -0.378 e. The number of nitrogens with zero attached hydrogens (tertiary/aromatic N) is 4. The van der Waals surface area contributed by atoms with Crippen LogP contribution in [-0.4, -0.2) is 49.7 Å². The molecule has 1 saturated heterocycles. The monoisotopic (exact) mass is 437 g/mol. The van der Waals surface area contributed by atoms with Crippen molar-refractivity contribution in [1.29, 1.82) is 0 Å². The second-order valence-electron chi connectivity index (χ2n) is 7.72. The van der Waals surface area contributed by atoms with Crippen molar-refractivity contribution in [3.05, 3.63) is 66.7 Å². The van der Waals surface area contributed by atoms with Gasteiger partial charge in [-0.25, -0.2) is 18.4 Å². The Morgan fingerprint density at radius 3 is 2.32 bits per heavy atom. The van der Waals surface area contributed by atoms with Gasteiger partial charge in [0.15, 0.2) is 9.84 Å². The fourth-order valence-electron chi connectivity index (χ4n) is 3.90. The number of rotatable bonds is 6. The summed E-state index contributed by atoms with van der Waals surface area (Å²) in [7, 11) is -3.56. The molecule has 160 valence electrons. The number of hydrogen-bond donors (Lipinski definition) is 1. The van der Waals surface area contributed by atoms with Crippen LogP contribution in [0.3, 0.4) is 0 Å². The molecule has 0 atom stereocenters. The van der Waals surface area contributed by atoms with Crippen LogP contribution in [0.2, 0.25) is 0 Å². The Bertz CT molecular complexity index is 1160. The summed E-state index contributed by atoms with van der Waals surface area (Å²) in [6.07, 6.45) is 5.69. The third-order valence-electron chi connectivity index (χ3n) is 5.80. The molecule has 1 saturated carbocycles. The first-order valence-electron chi connectivity index (χ1n) is 10.3. The molecule has 0 bridgehead atoms. The van der Waals surface area contributed by atoms with Crippen LogP contribution < -0.4 is 10.2 Å². The Morgan fingerprint density at radius 1 is 0.935 bits per heavy atom. The van der Waals surface area contributed by atoms with Gasteiger partial charge in [-0.1, -0.05) is 0 Å². The van der Waals surface area contributed by atoms with E-state index in [0.717, 1.165) is 37.7 Å². The summed E-state index contributed by atoms with van der Waals surface area (Å²) in [5.74, 6) is 0.382. The summed E-state index contributed by atoms with van der Waals surface area (Å²) in [6, 6.07) is 12.8. The number of aromatic nitrogens is 3. The summed E-state index contributed by atoms with van der Waals surface area (Å²) in [4.78, 5) is 15.3. The summed E-state index contributed by atoms with van der Waals surface area (Å²) >= 11 is 0. The van der Waals surface area contributed by atoms with Crippen molar-refractivity contribution in [2.45, 2.75) is 22.5 Å². The summed E-state index contributed by atoms with van der Waals surface area (Å²) in [5, 5.41) is 3.20. The summed E-state index contributed by atoms with van der Waals surface area (Å²) in [5.41, 5.74) is 2.51. The molecule has 0 unspecified atom stereocenters. The van der Waals surface area contributed by atoms with Crippen molar-refractivity contribution in [2.75, 3.05) is 36.5 Å². The fraction of sp³-hybridized carbons (Fsp3) is 0.318. The van der Waals surface area contributed by atoms with E-state index in [1.807, 2.05) is 24.3 Å². The van der Waals surface area contributed by atoms with Gasteiger partial charge >= 0.3 is 0 Å². The van der Waals surface area contributed by atoms with Gasteiger partial charge in [0.1, 0.15) is 4.75 Å². The minimum atomic E-state index is -3.56. The highest BCUT2D eigenvalue weighted by atomic mass is 32.2. The molecule has 0 amide bonds. The van der Waals surface area contributed by atoms with Crippen molar-refractivity contribution >= 4 is 27.2 Å². The van der Waals surface area contributed by atoms with E-state index in [0.29, 0.717) is 24.5 Å². The van der Waals surface area contributed by atoms with Gasteiger partial charge in [-0.05, 0) is 55.3 Å². The van der Waals surface area contributed by atoms with E-state index in [9.17, 15) is 8.42 Å². The maximum atomic E-state index is 13.3. The van der Waals surface area contributed by atoms with Gasteiger partial charge in [0, 0.05) is 43.1 Å². The van der Waals surface area contributed by atoms with E-state index in [2.05, 4.69) is 25.2 Å². The van der Waals surface area contributed by atoms with Gasteiger partial charge < -0.3 is 15.0 Å². The van der Waals surface area contributed by atoms with Crippen LogP contribution >= 0.6 is 0 Å². The molecule has 1 aliphatic heterocycles. The molecule has 2 aliphatic rings. The van der Waals surface area contributed by atoms with E-state index in [1.165, 1.54) is 24.5 Å². The van der Waals surface area contributed by atoms with E-state index in [1.54, 1.807) is 12.3 Å². The Labute approximate surface area is 181 Å². The standard InChI is InChI=1S/C22H23N5O3S/c28-31(29,19-5-10-23-11-6-19)22(8-9-22)20-7-12-24-21(26-20)25-17-1-3-18(4-2-17)27-13-15-30-16-14-27/h1-7,10-12H,8-9,13-16H2,(H,24,25,26).